The number of methoxy groups -OCH3 is 1. The number of carbonyl (C=O) groups is 1. The van der Waals surface area contributed by atoms with E-state index in [2.05, 4.69) is 9.72 Å². The van der Waals surface area contributed by atoms with Crippen LogP contribution in [-0.2, 0) is 7.05 Å². The molecule has 20 heavy (non-hydrogen) atoms. The number of benzene rings is 1. The molecule has 6 nitrogen and oxygen atoms in total. The van der Waals surface area contributed by atoms with Gasteiger partial charge in [0.2, 0.25) is 11.6 Å². The number of ether oxygens (including phenoxy) is 1. The molecular formula is C12H11F2N3O3. The van der Waals surface area contributed by atoms with Gasteiger partial charge in [-0.15, -0.1) is 0 Å². The van der Waals surface area contributed by atoms with Crippen molar-refractivity contribution in [1.82, 2.24) is 15.0 Å². The monoisotopic (exact) mass is 283 g/mol. The first-order valence-corrected chi connectivity index (χ1v) is 5.49. The molecule has 0 aliphatic carbocycles. The predicted molar refractivity (Wildman–Crippen MR) is 64.4 cm³/mol. The van der Waals surface area contributed by atoms with Crippen molar-refractivity contribution in [2.24, 2.45) is 7.05 Å². The van der Waals surface area contributed by atoms with Crippen LogP contribution in [-0.4, -0.2) is 27.8 Å². The molecular weight excluding hydrogens is 272 g/mol. The Bertz CT molecular complexity index is 670. The van der Waals surface area contributed by atoms with E-state index in [1.807, 2.05) is 0 Å². The molecule has 2 rings (SSSR count). The number of amides is 1. The molecule has 0 radical (unpaired) electrons. The Morgan fingerprint density at radius 2 is 2.10 bits per heavy atom. The zero-order chi connectivity index (χ0) is 14.9. The first-order chi connectivity index (χ1) is 9.51. The minimum atomic E-state index is -1.13. The smallest absolute Gasteiger partial charge is 0.310 e. The fourth-order valence-electron chi connectivity index (χ4n) is 1.81. The van der Waals surface area contributed by atoms with Gasteiger partial charge in [0.05, 0.1) is 19.0 Å². The van der Waals surface area contributed by atoms with Crippen molar-refractivity contribution in [3.05, 3.63) is 35.8 Å². The van der Waals surface area contributed by atoms with Gasteiger partial charge in [0.1, 0.15) is 0 Å². The minimum absolute atomic E-state index is 0.0738. The summed E-state index contributed by atoms with van der Waals surface area (Å²) < 4.78 is 33.5. The number of hydrogen-bond acceptors (Lipinski definition) is 4. The summed E-state index contributed by atoms with van der Waals surface area (Å²) in [7, 11) is 2.67. The number of halogens is 2. The van der Waals surface area contributed by atoms with Crippen molar-refractivity contribution in [3.63, 3.8) is 0 Å². The molecule has 0 bridgehead atoms. The zero-order valence-corrected chi connectivity index (χ0v) is 10.6. The number of rotatable bonds is 3. The fourth-order valence-corrected chi connectivity index (χ4v) is 1.81. The number of hydrogen-bond donors (Lipinski definition) is 2. The van der Waals surface area contributed by atoms with Crippen LogP contribution < -0.4 is 10.2 Å². The van der Waals surface area contributed by atoms with Crippen molar-refractivity contribution in [1.29, 1.82) is 0 Å². The van der Waals surface area contributed by atoms with Crippen LogP contribution in [0.2, 0.25) is 0 Å². The highest BCUT2D eigenvalue weighted by atomic mass is 19.2. The summed E-state index contributed by atoms with van der Waals surface area (Å²) in [6, 6.07) is 2.58. The van der Waals surface area contributed by atoms with Crippen molar-refractivity contribution in [2.75, 3.05) is 7.11 Å². The summed E-state index contributed by atoms with van der Waals surface area (Å²) >= 11 is 0. The average Bonchev–Trinajstić information content (AvgIpc) is 2.83. The topological polar surface area (TPSA) is 76.4 Å². The summed E-state index contributed by atoms with van der Waals surface area (Å²) in [4.78, 5) is 15.0. The normalized spacial score (nSPS) is 10.4. The predicted octanol–water partition coefficient (Wildman–Crippen LogP) is 1.49. The van der Waals surface area contributed by atoms with Crippen molar-refractivity contribution < 1.29 is 23.5 Å². The van der Waals surface area contributed by atoms with E-state index in [1.165, 1.54) is 42.5 Å². The van der Waals surface area contributed by atoms with E-state index in [0.29, 0.717) is 0 Å². The van der Waals surface area contributed by atoms with Gasteiger partial charge >= 0.3 is 5.91 Å². The lowest BCUT2D eigenvalue weighted by molar-refractivity contribution is 0.0691. The van der Waals surface area contributed by atoms with Crippen LogP contribution in [0.25, 0.3) is 11.3 Å². The van der Waals surface area contributed by atoms with Gasteiger partial charge in [0.25, 0.3) is 0 Å². The van der Waals surface area contributed by atoms with E-state index in [0.717, 1.165) is 0 Å². The summed E-state index contributed by atoms with van der Waals surface area (Å²) in [6.07, 6.45) is 1.20. The third kappa shape index (κ3) is 2.10. The highest BCUT2D eigenvalue weighted by Gasteiger charge is 2.20. The highest BCUT2D eigenvalue weighted by Crippen LogP contribution is 2.29. The second-order valence-electron chi connectivity index (χ2n) is 3.91. The Morgan fingerprint density at radius 3 is 2.70 bits per heavy atom. The van der Waals surface area contributed by atoms with Gasteiger partial charge in [-0.25, -0.2) is 14.9 Å². The van der Waals surface area contributed by atoms with Crippen LogP contribution in [0, 0.1) is 11.6 Å². The zero-order valence-electron chi connectivity index (χ0n) is 10.6. The van der Waals surface area contributed by atoms with Gasteiger partial charge in [-0.05, 0) is 12.1 Å². The molecule has 0 aliphatic rings. The summed E-state index contributed by atoms with van der Waals surface area (Å²) in [5.41, 5.74) is 1.53. The number of hydroxylamine groups is 1. The lowest BCUT2D eigenvalue weighted by Gasteiger charge is -2.09. The van der Waals surface area contributed by atoms with E-state index in [1.54, 1.807) is 0 Å². The van der Waals surface area contributed by atoms with Crippen LogP contribution in [0.15, 0.2) is 18.3 Å². The first kappa shape index (κ1) is 13.9. The number of aromatic nitrogens is 2. The number of nitrogens with zero attached hydrogens (tertiary/aromatic N) is 2. The van der Waals surface area contributed by atoms with E-state index >= 15 is 0 Å². The molecule has 2 aromatic rings. The number of carbonyl (C=O) groups excluding carboxylic acids is 1. The van der Waals surface area contributed by atoms with Gasteiger partial charge in [-0.1, -0.05) is 0 Å². The van der Waals surface area contributed by atoms with Gasteiger partial charge in [-0.2, -0.15) is 4.39 Å². The Labute approximate surface area is 112 Å². The summed E-state index contributed by atoms with van der Waals surface area (Å²) in [6.45, 7) is 0. The van der Waals surface area contributed by atoms with E-state index in [9.17, 15) is 13.6 Å². The third-order valence-electron chi connectivity index (χ3n) is 2.84. The quantitative estimate of drug-likeness (QED) is 0.661. The number of nitrogens with one attached hydrogen (secondary N) is 1. The molecule has 2 N–H and O–H groups in total. The maximum absolute atomic E-state index is 14.0. The minimum Gasteiger partial charge on any atom is -0.494 e. The van der Waals surface area contributed by atoms with Crippen LogP contribution in [0.3, 0.4) is 0 Å². The van der Waals surface area contributed by atoms with Crippen LogP contribution >= 0.6 is 0 Å². The van der Waals surface area contributed by atoms with E-state index in [4.69, 9.17) is 5.21 Å². The molecule has 0 saturated carbocycles. The molecule has 8 heteroatoms. The molecule has 0 saturated heterocycles. The number of imidazole rings is 1. The maximum Gasteiger partial charge on any atom is 0.310 e. The van der Waals surface area contributed by atoms with Crippen molar-refractivity contribution >= 4 is 5.91 Å². The van der Waals surface area contributed by atoms with Crippen molar-refractivity contribution in [3.8, 4) is 17.0 Å². The molecule has 1 aromatic heterocycles. The average molecular weight is 283 g/mol. The lowest BCUT2D eigenvalue weighted by Crippen LogP contribution is -2.22. The maximum atomic E-state index is 14.0. The molecule has 1 heterocycles. The molecule has 106 valence electrons. The Balaban J connectivity index is 2.56. The molecule has 0 fully saturated rings. The first-order valence-electron chi connectivity index (χ1n) is 5.49. The highest BCUT2D eigenvalue weighted by molar-refractivity contribution is 5.90. The largest absolute Gasteiger partial charge is 0.494 e. The second-order valence-corrected chi connectivity index (χ2v) is 3.91. The van der Waals surface area contributed by atoms with Gasteiger partial charge in [0.15, 0.2) is 11.6 Å². The Hall–Kier alpha value is -2.48. The van der Waals surface area contributed by atoms with E-state index in [-0.39, 0.29) is 22.8 Å². The Morgan fingerprint density at radius 1 is 1.40 bits per heavy atom. The standard InChI is InChI=1S/C12H11F2N3O3/c1-17-7(5-15-11(17)12(18)16-19)6-3-4-8(20-2)10(14)9(6)13/h3-5,19H,1-2H3,(H,16,18). The molecule has 1 amide bonds. The molecule has 0 spiro atoms. The van der Waals surface area contributed by atoms with Crippen LogP contribution in [0.1, 0.15) is 10.6 Å². The SMILES string of the molecule is COc1ccc(-c2cnc(C(=O)NO)n2C)c(F)c1F. The Kier molecular flexibility index (Phi) is 3.66. The fraction of sp³-hybridized carbons (Fsp3) is 0.167. The van der Waals surface area contributed by atoms with Gasteiger partial charge in [-0.3, -0.25) is 10.0 Å². The summed E-state index contributed by atoms with van der Waals surface area (Å²) in [5, 5.41) is 8.56. The molecule has 0 atom stereocenters. The van der Waals surface area contributed by atoms with Crippen LogP contribution in [0.4, 0.5) is 8.78 Å². The van der Waals surface area contributed by atoms with Gasteiger partial charge < -0.3 is 9.30 Å². The van der Waals surface area contributed by atoms with Gasteiger partial charge in [0, 0.05) is 12.6 Å². The third-order valence-corrected chi connectivity index (χ3v) is 2.84. The lowest BCUT2D eigenvalue weighted by atomic mass is 10.1. The molecule has 0 aliphatic heterocycles. The summed E-state index contributed by atoms with van der Waals surface area (Å²) in [5.74, 6) is -3.45. The molecule has 1 aromatic carbocycles. The van der Waals surface area contributed by atoms with E-state index < -0.39 is 17.5 Å². The second kappa shape index (κ2) is 5.25. The van der Waals surface area contributed by atoms with Crippen molar-refractivity contribution in [2.45, 2.75) is 0 Å². The van der Waals surface area contributed by atoms with Crippen LogP contribution in [0.5, 0.6) is 5.75 Å². The molecule has 0 unspecified atom stereocenters.